The molecule has 0 fully saturated rings. The lowest BCUT2D eigenvalue weighted by molar-refractivity contribution is -0.139. The van der Waals surface area contributed by atoms with Gasteiger partial charge >= 0.3 is 12.1 Å². The fourth-order valence-corrected chi connectivity index (χ4v) is 2.96. The molecule has 0 unspecified atom stereocenters. The Morgan fingerprint density at radius 2 is 1.61 bits per heavy atom. The van der Waals surface area contributed by atoms with Gasteiger partial charge in [-0.1, -0.05) is 12.1 Å². The zero-order valence-electron chi connectivity index (χ0n) is 16.7. The van der Waals surface area contributed by atoms with Gasteiger partial charge in [-0.05, 0) is 67.8 Å². The number of hydrogen-bond acceptors (Lipinski definition) is 4. The van der Waals surface area contributed by atoms with Crippen LogP contribution in [0.15, 0.2) is 59.0 Å². The van der Waals surface area contributed by atoms with Crippen molar-refractivity contribution in [1.29, 1.82) is 0 Å². The molecule has 31 heavy (non-hydrogen) atoms. The van der Waals surface area contributed by atoms with Gasteiger partial charge in [-0.15, -0.1) is 0 Å². The van der Waals surface area contributed by atoms with E-state index in [9.17, 15) is 18.0 Å². The molecule has 0 atom stereocenters. The van der Waals surface area contributed by atoms with E-state index in [2.05, 4.69) is 0 Å². The molecule has 3 rings (SSSR count). The van der Waals surface area contributed by atoms with E-state index in [4.69, 9.17) is 19.0 Å². The van der Waals surface area contributed by atoms with Crippen molar-refractivity contribution in [3.05, 3.63) is 71.5 Å². The molecule has 0 aliphatic rings. The molecule has 0 saturated heterocycles. The molecule has 0 aliphatic carbocycles. The summed E-state index contributed by atoms with van der Waals surface area (Å²) in [6.07, 6.45) is -2.96. The topological polar surface area (TPSA) is 68.9 Å². The molecule has 0 saturated carbocycles. The third kappa shape index (κ3) is 6.28. The average Bonchev–Trinajstić information content (AvgIpc) is 3.10. The Kier molecular flexibility index (Phi) is 6.89. The van der Waals surface area contributed by atoms with Gasteiger partial charge in [0.2, 0.25) is 0 Å². The van der Waals surface area contributed by atoms with Gasteiger partial charge in [-0.3, -0.25) is 0 Å². The zero-order valence-corrected chi connectivity index (χ0v) is 16.7. The highest BCUT2D eigenvalue weighted by atomic mass is 19.4. The summed E-state index contributed by atoms with van der Waals surface area (Å²) in [6, 6.07) is 13.4. The van der Waals surface area contributed by atoms with Crippen LogP contribution in [0, 0.1) is 6.92 Å². The first kappa shape index (κ1) is 22.3. The lowest BCUT2D eigenvalue weighted by Gasteiger charge is -2.07. The zero-order chi connectivity index (χ0) is 22.4. The Bertz CT molecular complexity index is 1010. The average molecular weight is 434 g/mol. The van der Waals surface area contributed by atoms with Gasteiger partial charge < -0.3 is 19.0 Å². The minimum atomic E-state index is -4.37. The number of rotatable bonds is 9. The number of ether oxygens (including phenoxy) is 2. The summed E-state index contributed by atoms with van der Waals surface area (Å²) in [4.78, 5) is 10.5. The summed E-state index contributed by atoms with van der Waals surface area (Å²) in [5, 5.41) is 8.60. The predicted octanol–water partition coefficient (Wildman–Crippen LogP) is 5.75. The summed E-state index contributed by atoms with van der Waals surface area (Å²) in [7, 11) is 0. The van der Waals surface area contributed by atoms with Crippen LogP contribution in [0.4, 0.5) is 13.2 Å². The largest absolute Gasteiger partial charge is 0.494 e. The van der Waals surface area contributed by atoms with E-state index in [0.717, 1.165) is 23.5 Å². The molecule has 0 spiro atoms. The SMILES string of the molecule is Cc1oc(-c2ccc(C(F)(F)F)cc2)cc1CCCOc1ccc(OCC(=O)O)cc1. The monoisotopic (exact) mass is 434 g/mol. The molecule has 3 aromatic rings. The van der Waals surface area contributed by atoms with Crippen molar-refractivity contribution in [3.8, 4) is 22.8 Å². The van der Waals surface area contributed by atoms with Gasteiger partial charge in [0.25, 0.3) is 0 Å². The van der Waals surface area contributed by atoms with Crippen LogP contribution in [0.3, 0.4) is 0 Å². The molecule has 8 heteroatoms. The van der Waals surface area contributed by atoms with Gasteiger partial charge in [-0.2, -0.15) is 13.2 Å². The number of carboxylic acid groups (broad SMARTS) is 1. The Balaban J connectivity index is 1.50. The molecule has 2 aromatic carbocycles. The van der Waals surface area contributed by atoms with E-state index in [0.29, 0.717) is 42.3 Å². The van der Waals surface area contributed by atoms with Crippen LogP contribution >= 0.6 is 0 Å². The number of alkyl halides is 3. The highest BCUT2D eigenvalue weighted by Crippen LogP contribution is 2.32. The smallest absolute Gasteiger partial charge is 0.416 e. The van der Waals surface area contributed by atoms with Crippen molar-refractivity contribution >= 4 is 5.97 Å². The minimum absolute atomic E-state index is 0.404. The van der Waals surface area contributed by atoms with Gasteiger partial charge in [0.15, 0.2) is 6.61 Å². The van der Waals surface area contributed by atoms with E-state index >= 15 is 0 Å². The summed E-state index contributed by atoms with van der Waals surface area (Å²) < 4.78 is 54.6. The quantitative estimate of drug-likeness (QED) is 0.435. The minimum Gasteiger partial charge on any atom is -0.494 e. The van der Waals surface area contributed by atoms with E-state index in [1.54, 1.807) is 24.3 Å². The molecule has 1 aromatic heterocycles. The summed E-state index contributed by atoms with van der Waals surface area (Å²) in [5.41, 5.74) is 0.859. The van der Waals surface area contributed by atoms with Crippen LogP contribution in [0.5, 0.6) is 11.5 Å². The molecule has 164 valence electrons. The van der Waals surface area contributed by atoms with Crippen molar-refractivity contribution in [1.82, 2.24) is 0 Å². The first-order valence-electron chi connectivity index (χ1n) is 9.57. The fraction of sp³-hybridized carbons (Fsp3) is 0.261. The van der Waals surface area contributed by atoms with Crippen LogP contribution in [-0.4, -0.2) is 24.3 Å². The second-order valence-electron chi connectivity index (χ2n) is 6.87. The summed E-state index contributed by atoms with van der Waals surface area (Å²) >= 11 is 0. The number of furan rings is 1. The Morgan fingerprint density at radius 3 is 2.19 bits per heavy atom. The van der Waals surface area contributed by atoms with E-state index in [-0.39, 0.29) is 0 Å². The van der Waals surface area contributed by atoms with E-state index < -0.39 is 24.3 Å². The van der Waals surface area contributed by atoms with Crippen molar-refractivity contribution in [3.63, 3.8) is 0 Å². The molecule has 0 aliphatic heterocycles. The molecule has 0 bridgehead atoms. The van der Waals surface area contributed by atoms with Crippen LogP contribution < -0.4 is 9.47 Å². The molecular formula is C23H21F3O5. The number of benzene rings is 2. The van der Waals surface area contributed by atoms with Crippen LogP contribution in [0.25, 0.3) is 11.3 Å². The highest BCUT2D eigenvalue weighted by molar-refractivity contribution is 5.68. The van der Waals surface area contributed by atoms with Crippen LogP contribution in [0.1, 0.15) is 23.3 Å². The first-order valence-corrected chi connectivity index (χ1v) is 9.57. The second-order valence-corrected chi connectivity index (χ2v) is 6.87. The van der Waals surface area contributed by atoms with Crippen molar-refractivity contribution < 1.29 is 37.0 Å². The maximum absolute atomic E-state index is 12.7. The molecule has 0 radical (unpaired) electrons. The third-order valence-corrected chi connectivity index (χ3v) is 4.56. The van der Waals surface area contributed by atoms with Gasteiger partial charge in [0.05, 0.1) is 12.2 Å². The first-order chi connectivity index (χ1) is 14.7. The Hall–Kier alpha value is -3.42. The fourth-order valence-electron chi connectivity index (χ4n) is 2.96. The molecule has 1 N–H and O–H groups in total. The van der Waals surface area contributed by atoms with Crippen LogP contribution in [0.2, 0.25) is 0 Å². The van der Waals surface area contributed by atoms with Crippen molar-refractivity contribution in [2.24, 2.45) is 0 Å². The second kappa shape index (κ2) is 9.59. The number of carbonyl (C=O) groups is 1. The molecule has 1 heterocycles. The number of aryl methyl sites for hydroxylation is 2. The normalized spacial score (nSPS) is 11.4. The number of carboxylic acids is 1. The lowest BCUT2D eigenvalue weighted by atomic mass is 10.1. The molecule has 5 nitrogen and oxygen atoms in total. The highest BCUT2D eigenvalue weighted by Gasteiger charge is 2.30. The van der Waals surface area contributed by atoms with Crippen molar-refractivity contribution in [2.45, 2.75) is 25.9 Å². The maximum Gasteiger partial charge on any atom is 0.416 e. The lowest BCUT2D eigenvalue weighted by Crippen LogP contribution is -2.09. The van der Waals surface area contributed by atoms with Crippen molar-refractivity contribution in [2.75, 3.05) is 13.2 Å². The van der Waals surface area contributed by atoms with E-state index in [1.165, 1.54) is 12.1 Å². The third-order valence-electron chi connectivity index (χ3n) is 4.56. The van der Waals surface area contributed by atoms with Crippen LogP contribution in [-0.2, 0) is 17.4 Å². The number of hydrogen-bond donors (Lipinski definition) is 1. The number of halogens is 3. The molecular weight excluding hydrogens is 413 g/mol. The van der Waals surface area contributed by atoms with Gasteiger partial charge in [0, 0.05) is 5.56 Å². The maximum atomic E-state index is 12.7. The van der Waals surface area contributed by atoms with E-state index in [1.807, 2.05) is 13.0 Å². The van der Waals surface area contributed by atoms with Gasteiger partial charge in [-0.25, -0.2) is 4.79 Å². The van der Waals surface area contributed by atoms with Gasteiger partial charge in [0.1, 0.15) is 23.0 Å². The number of aliphatic carboxylic acids is 1. The predicted molar refractivity (Wildman–Crippen MR) is 107 cm³/mol. The Morgan fingerprint density at radius 1 is 1.00 bits per heavy atom. The summed E-state index contributed by atoms with van der Waals surface area (Å²) in [6.45, 7) is 1.87. The summed E-state index contributed by atoms with van der Waals surface area (Å²) in [5.74, 6) is 1.28. The standard InChI is InChI=1S/C23H21F3O5/c1-15-17(13-21(31-15)16-4-6-18(7-5-16)23(24,25)26)3-2-12-29-19-8-10-20(11-9-19)30-14-22(27)28/h4-11,13H,2-3,12,14H2,1H3,(H,27,28). The molecule has 0 amide bonds. The Labute approximate surface area is 177 Å².